The number of hydrogen-bond acceptors (Lipinski definition) is 8. The molecule has 0 saturated carbocycles. The summed E-state index contributed by atoms with van der Waals surface area (Å²) in [6, 6.07) is 16.9. The van der Waals surface area contributed by atoms with Gasteiger partial charge in [-0.05, 0) is 70.0 Å². The number of amides is 1. The van der Waals surface area contributed by atoms with Gasteiger partial charge in [-0.15, -0.1) is 0 Å². The Morgan fingerprint density at radius 1 is 1.03 bits per heavy atom. The SMILES string of the molecule is CC(C)(C)OC(=O)N1CCC(Nc2ncnc(N)c2C(=N)c2ccc(Oc3ccccc3)cc2)CC1. The average Bonchev–Trinajstić information content (AvgIpc) is 2.84. The van der Waals surface area contributed by atoms with Gasteiger partial charge in [0.1, 0.15) is 35.1 Å². The van der Waals surface area contributed by atoms with Gasteiger partial charge in [0.05, 0.1) is 11.3 Å². The molecule has 1 aliphatic heterocycles. The monoisotopic (exact) mass is 488 g/mol. The molecule has 0 bridgehead atoms. The Labute approximate surface area is 211 Å². The molecule has 3 aromatic rings. The third kappa shape index (κ3) is 6.29. The molecule has 2 heterocycles. The first kappa shape index (κ1) is 25.0. The number of ether oxygens (including phenoxy) is 2. The summed E-state index contributed by atoms with van der Waals surface area (Å²) >= 11 is 0. The molecule has 1 fully saturated rings. The second kappa shape index (κ2) is 10.6. The number of anilines is 2. The molecule has 1 saturated heterocycles. The number of nitrogen functional groups attached to an aromatic ring is 1. The fraction of sp³-hybridized carbons (Fsp3) is 0.333. The summed E-state index contributed by atoms with van der Waals surface area (Å²) in [5, 5.41) is 12.2. The Kier molecular flexibility index (Phi) is 7.38. The molecule has 36 heavy (non-hydrogen) atoms. The average molecular weight is 489 g/mol. The van der Waals surface area contributed by atoms with E-state index in [4.69, 9.17) is 20.6 Å². The second-order valence-corrected chi connectivity index (χ2v) is 9.68. The van der Waals surface area contributed by atoms with Crippen molar-refractivity contribution in [1.82, 2.24) is 14.9 Å². The topological polar surface area (TPSA) is 126 Å². The number of nitrogens with one attached hydrogen (secondary N) is 2. The lowest BCUT2D eigenvalue weighted by molar-refractivity contribution is 0.0210. The van der Waals surface area contributed by atoms with Crippen LogP contribution < -0.4 is 15.8 Å². The van der Waals surface area contributed by atoms with Crippen LogP contribution in [0.2, 0.25) is 0 Å². The first-order valence-electron chi connectivity index (χ1n) is 12.0. The molecule has 0 aliphatic carbocycles. The number of piperidine rings is 1. The zero-order valence-corrected chi connectivity index (χ0v) is 20.8. The van der Waals surface area contributed by atoms with Crippen LogP contribution in [-0.4, -0.2) is 51.4 Å². The van der Waals surface area contributed by atoms with E-state index in [0.717, 1.165) is 18.6 Å². The molecule has 1 aliphatic rings. The van der Waals surface area contributed by atoms with E-state index in [0.29, 0.717) is 35.8 Å². The summed E-state index contributed by atoms with van der Waals surface area (Å²) in [7, 11) is 0. The molecular formula is C27H32N6O3. The molecular weight excluding hydrogens is 456 g/mol. The largest absolute Gasteiger partial charge is 0.457 e. The van der Waals surface area contributed by atoms with Gasteiger partial charge in [0.2, 0.25) is 0 Å². The van der Waals surface area contributed by atoms with E-state index in [1.54, 1.807) is 4.90 Å². The maximum atomic E-state index is 12.4. The van der Waals surface area contributed by atoms with Gasteiger partial charge in [0.25, 0.3) is 0 Å². The van der Waals surface area contributed by atoms with Gasteiger partial charge in [-0.25, -0.2) is 14.8 Å². The molecule has 1 aromatic heterocycles. The standard InChI is InChI=1S/C27H32N6O3/c1-27(2,3)36-26(34)33-15-13-19(14-16-33)32-25-22(24(29)30-17-31-25)23(28)18-9-11-21(12-10-18)35-20-7-5-4-6-8-20/h4-12,17,19,28H,13-16H2,1-3H3,(H3,29,30,31,32). The lowest BCUT2D eigenvalue weighted by Crippen LogP contribution is -2.44. The molecule has 1 amide bonds. The summed E-state index contributed by atoms with van der Waals surface area (Å²) in [4.78, 5) is 22.6. The van der Waals surface area contributed by atoms with E-state index >= 15 is 0 Å². The minimum atomic E-state index is -0.522. The Balaban J connectivity index is 1.43. The molecule has 188 valence electrons. The highest BCUT2D eigenvalue weighted by Gasteiger charge is 2.28. The van der Waals surface area contributed by atoms with Gasteiger partial charge in [-0.3, -0.25) is 5.41 Å². The fourth-order valence-corrected chi connectivity index (χ4v) is 3.94. The Hall–Kier alpha value is -4.14. The Bertz CT molecular complexity index is 1200. The summed E-state index contributed by atoms with van der Waals surface area (Å²) in [6.07, 6.45) is 2.54. The third-order valence-corrected chi connectivity index (χ3v) is 5.74. The number of likely N-dealkylation sites (tertiary alicyclic amines) is 1. The van der Waals surface area contributed by atoms with E-state index in [-0.39, 0.29) is 23.7 Å². The van der Waals surface area contributed by atoms with Crippen LogP contribution in [-0.2, 0) is 4.74 Å². The second-order valence-electron chi connectivity index (χ2n) is 9.68. The van der Waals surface area contributed by atoms with Crippen molar-refractivity contribution in [2.75, 3.05) is 24.1 Å². The maximum Gasteiger partial charge on any atom is 0.410 e. The van der Waals surface area contributed by atoms with Crippen molar-refractivity contribution in [2.45, 2.75) is 45.3 Å². The van der Waals surface area contributed by atoms with Crippen molar-refractivity contribution in [1.29, 1.82) is 5.41 Å². The summed E-state index contributed by atoms with van der Waals surface area (Å²) in [6.45, 7) is 6.72. The fourth-order valence-electron chi connectivity index (χ4n) is 3.94. The predicted molar refractivity (Wildman–Crippen MR) is 140 cm³/mol. The van der Waals surface area contributed by atoms with Crippen LogP contribution in [0.5, 0.6) is 11.5 Å². The highest BCUT2D eigenvalue weighted by atomic mass is 16.6. The molecule has 9 heteroatoms. The van der Waals surface area contributed by atoms with Gasteiger partial charge in [-0.1, -0.05) is 18.2 Å². The Morgan fingerprint density at radius 3 is 2.31 bits per heavy atom. The molecule has 0 atom stereocenters. The van der Waals surface area contributed by atoms with Crippen molar-refractivity contribution in [3.05, 3.63) is 72.1 Å². The van der Waals surface area contributed by atoms with Gasteiger partial charge in [0.15, 0.2) is 0 Å². The van der Waals surface area contributed by atoms with E-state index < -0.39 is 5.60 Å². The number of benzene rings is 2. The number of rotatable bonds is 6. The van der Waals surface area contributed by atoms with Gasteiger partial charge < -0.3 is 25.4 Å². The van der Waals surface area contributed by atoms with Crippen molar-refractivity contribution < 1.29 is 14.3 Å². The van der Waals surface area contributed by atoms with E-state index in [2.05, 4.69) is 15.3 Å². The van der Waals surface area contributed by atoms with Crippen LogP contribution in [0.15, 0.2) is 60.9 Å². The normalized spacial score (nSPS) is 14.2. The lowest BCUT2D eigenvalue weighted by Gasteiger charge is -2.34. The van der Waals surface area contributed by atoms with Crippen LogP contribution in [0.4, 0.5) is 16.4 Å². The maximum absolute atomic E-state index is 12.4. The summed E-state index contributed by atoms with van der Waals surface area (Å²) in [5.74, 6) is 2.15. The number of carbonyl (C=O) groups excluding carboxylic acids is 1. The number of aromatic nitrogens is 2. The highest BCUT2D eigenvalue weighted by molar-refractivity contribution is 6.16. The van der Waals surface area contributed by atoms with E-state index in [1.165, 1.54) is 6.33 Å². The smallest absolute Gasteiger partial charge is 0.410 e. The zero-order chi connectivity index (χ0) is 25.7. The van der Waals surface area contributed by atoms with E-state index in [9.17, 15) is 4.79 Å². The van der Waals surface area contributed by atoms with Gasteiger partial charge >= 0.3 is 6.09 Å². The first-order chi connectivity index (χ1) is 17.2. The number of nitrogens with zero attached hydrogens (tertiary/aromatic N) is 3. The van der Waals surface area contributed by atoms with Gasteiger partial charge in [0, 0.05) is 24.7 Å². The highest BCUT2D eigenvalue weighted by Crippen LogP contribution is 2.27. The molecule has 0 radical (unpaired) electrons. The van der Waals surface area contributed by atoms with Crippen LogP contribution in [0.25, 0.3) is 0 Å². The molecule has 2 aromatic carbocycles. The molecule has 4 N–H and O–H groups in total. The van der Waals surface area contributed by atoms with Gasteiger partial charge in [-0.2, -0.15) is 0 Å². The molecule has 0 spiro atoms. The minimum Gasteiger partial charge on any atom is -0.457 e. The lowest BCUT2D eigenvalue weighted by atomic mass is 10.0. The van der Waals surface area contributed by atoms with Crippen molar-refractivity contribution >= 4 is 23.4 Å². The number of nitrogens with two attached hydrogens (primary N) is 1. The first-order valence-corrected chi connectivity index (χ1v) is 12.0. The number of hydrogen-bond donors (Lipinski definition) is 3. The van der Waals surface area contributed by atoms with Crippen LogP contribution >= 0.6 is 0 Å². The van der Waals surface area contributed by atoms with Crippen molar-refractivity contribution in [3.63, 3.8) is 0 Å². The number of carbonyl (C=O) groups is 1. The minimum absolute atomic E-state index is 0.0752. The molecule has 4 rings (SSSR count). The van der Waals surface area contributed by atoms with Crippen molar-refractivity contribution in [3.8, 4) is 11.5 Å². The third-order valence-electron chi connectivity index (χ3n) is 5.74. The number of para-hydroxylation sites is 1. The van der Waals surface area contributed by atoms with Crippen LogP contribution in [0.1, 0.15) is 44.7 Å². The Morgan fingerprint density at radius 2 is 1.67 bits per heavy atom. The molecule has 0 unspecified atom stereocenters. The van der Waals surface area contributed by atoms with Crippen molar-refractivity contribution in [2.24, 2.45) is 0 Å². The predicted octanol–water partition coefficient (Wildman–Crippen LogP) is 5.08. The summed E-state index contributed by atoms with van der Waals surface area (Å²) in [5.41, 5.74) is 7.00. The summed E-state index contributed by atoms with van der Waals surface area (Å²) < 4.78 is 11.3. The van der Waals surface area contributed by atoms with E-state index in [1.807, 2.05) is 75.4 Å². The molecule has 9 nitrogen and oxygen atoms in total. The quantitative estimate of drug-likeness (QED) is 0.413. The van der Waals surface area contributed by atoms with Crippen LogP contribution in [0.3, 0.4) is 0 Å². The zero-order valence-electron chi connectivity index (χ0n) is 20.8. The van der Waals surface area contributed by atoms with Crippen LogP contribution in [0, 0.1) is 5.41 Å².